The molecule has 0 radical (unpaired) electrons. The molecule has 1 saturated carbocycles. The van der Waals surface area contributed by atoms with Crippen molar-refractivity contribution in [2.75, 3.05) is 45.8 Å². The highest BCUT2D eigenvalue weighted by atomic mass is 16.6. The number of amides is 1. The van der Waals surface area contributed by atoms with Crippen LogP contribution in [0.3, 0.4) is 0 Å². The number of nitrogens with zero attached hydrogens (tertiary/aromatic N) is 2. The van der Waals surface area contributed by atoms with Gasteiger partial charge in [-0.15, -0.1) is 0 Å². The highest BCUT2D eigenvalue weighted by Crippen LogP contribution is 2.21. The summed E-state index contributed by atoms with van der Waals surface area (Å²) in [6.07, 6.45) is 8.38. The van der Waals surface area contributed by atoms with Crippen molar-refractivity contribution < 1.29 is 9.53 Å². The van der Waals surface area contributed by atoms with Gasteiger partial charge >= 0.3 is 6.09 Å². The minimum absolute atomic E-state index is 0.0902. The number of hydrogen-bond acceptors (Lipinski definition) is 4. The van der Waals surface area contributed by atoms with Gasteiger partial charge in [0.05, 0.1) is 0 Å². The zero-order valence-corrected chi connectivity index (χ0v) is 14.2. The third-order valence-corrected chi connectivity index (χ3v) is 4.76. The van der Waals surface area contributed by atoms with E-state index in [1.165, 1.54) is 32.1 Å². The van der Waals surface area contributed by atoms with E-state index in [0.29, 0.717) is 0 Å². The largest absolute Gasteiger partial charge is 0.446 e. The number of piperazine rings is 1. The van der Waals surface area contributed by atoms with E-state index in [2.05, 4.69) is 17.1 Å². The van der Waals surface area contributed by atoms with Gasteiger partial charge in [0.2, 0.25) is 0 Å². The highest BCUT2D eigenvalue weighted by Gasteiger charge is 2.25. The van der Waals surface area contributed by atoms with Gasteiger partial charge in [0, 0.05) is 39.3 Å². The van der Waals surface area contributed by atoms with Crippen LogP contribution >= 0.6 is 0 Å². The maximum atomic E-state index is 12.2. The molecule has 2 rings (SSSR count). The number of carbonyl (C=O) groups is 1. The molecule has 0 spiro atoms. The molecule has 0 aromatic heterocycles. The van der Waals surface area contributed by atoms with Crippen LogP contribution < -0.4 is 5.32 Å². The molecule has 2 aliphatic rings. The van der Waals surface area contributed by atoms with E-state index in [0.717, 1.165) is 58.7 Å². The van der Waals surface area contributed by atoms with Crippen LogP contribution in [0, 0.1) is 0 Å². The first-order valence-electron chi connectivity index (χ1n) is 9.18. The lowest BCUT2D eigenvalue weighted by Crippen LogP contribution is -2.50. The van der Waals surface area contributed by atoms with Crippen molar-refractivity contribution in [2.24, 2.45) is 0 Å². The quantitative estimate of drug-likeness (QED) is 0.734. The van der Waals surface area contributed by atoms with E-state index in [9.17, 15) is 4.79 Å². The number of ether oxygens (including phenoxy) is 1. The maximum absolute atomic E-state index is 12.2. The third kappa shape index (κ3) is 6.13. The molecular weight excluding hydrogens is 278 g/mol. The Bertz CT molecular complexity index is 311. The summed E-state index contributed by atoms with van der Waals surface area (Å²) in [6, 6.07) is 0. The molecule has 0 bridgehead atoms. The average Bonchev–Trinajstić information content (AvgIpc) is 2.56. The van der Waals surface area contributed by atoms with Crippen LogP contribution in [0.25, 0.3) is 0 Å². The fourth-order valence-corrected chi connectivity index (χ4v) is 3.22. The van der Waals surface area contributed by atoms with Crippen molar-refractivity contribution in [3.05, 3.63) is 0 Å². The molecule has 1 saturated heterocycles. The van der Waals surface area contributed by atoms with Crippen molar-refractivity contribution in [3.8, 4) is 0 Å². The first kappa shape index (κ1) is 17.5. The van der Waals surface area contributed by atoms with Gasteiger partial charge in [-0.1, -0.05) is 19.8 Å². The average molecular weight is 311 g/mol. The first-order valence-corrected chi connectivity index (χ1v) is 9.18. The molecule has 1 amide bonds. The van der Waals surface area contributed by atoms with Crippen molar-refractivity contribution in [1.29, 1.82) is 0 Å². The van der Waals surface area contributed by atoms with E-state index >= 15 is 0 Å². The Hall–Kier alpha value is -0.810. The maximum Gasteiger partial charge on any atom is 0.410 e. The van der Waals surface area contributed by atoms with E-state index < -0.39 is 0 Å². The van der Waals surface area contributed by atoms with Crippen molar-refractivity contribution in [2.45, 2.75) is 58.0 Å². The van der Waals surface area contributed by atoms with Gasteiger partial charge in [0.15, 0.2) is 0 Å². The Labute approximate surface area is 135 Å². The van der Waals surface area contributed by atoms with Crippen LogP contribution in [-0.2, 0) is 4.74 Å². The number of rotatable bonds is 7. The van der Waals surface area contributed by atoms with Gasteiger partial charge in [-0.2, -0.15) is 0 Å². The summed E-state index contributed by atoms with van der Waals surface area (Å²) in [5, 5.41) is 3.47. The van der Waals surface area contributed by atoms with Gasteiger partial charge in [0.1, 0.15) is 6.10 Å². The summed E-state index contributed by atoms with van der Waals surface area (Å²) in [6.45, 7) is 9.00. The smallest absolute Gasteiger partial charge is 0.410 e. The van der Waals surface area contributed by atoms with E-state index in [1.807, 2.05) is 4.90 Å². The fourth-order valence-electron chi connectivity index (χ4n) is 3.22. The predicted octanol–water partition coefficient (Wildman–Crippen LogP) is 2.46. The van der Waals surface area contributed by atoms with E-state index in [1.54, 1.807) is 0 Å². The summed E-state index contributed by atoms with van der Waals surface area (Å²) in [5.41, 5.74) is 0. The second kappa shape index (κ2) is 10.1. The Kier molecular flexibility index (Phi) is 8.02. The Morgan fingerprint density at radius 2 is 1.82 bits per heavy atom. The minimum atomic E-state index is -0.0902. The summed E-state index contributed by atoms with van der Waals surface area (Å²) in [7, 11) is 0. The number of carbonyl (C=O) groups excluding carboxylic acids is 1. The summed E-state index contributed by atoms with van der Waals surface area (Å²) in [5.74, 6) is 0. The lowest BCUT2D eigenvalue weighted by molar-refractivity contribution is 0.0330. The fraction of sp³-hybridized carbons (Fsp3) is 0.941. The molecule has 1 aliphatic heterocycles. The lowest BCUT2D eigenvalue weighted by Gasteiger charge is -2.35. The summed E-state index contributed by atoms with van der Waals surface area (Å²) >= 11 is 0. The number of nitrogens with one attached hydrogen (secondary N) is 1. The molecule has 0 aromatic carbocycles. The molecule has 5 heteroatoms. The van der Waals surface area contributed by atoms with Crippen LogP contribution in [0.5, 0.6) is 0 Å². The number of unbranched alkanes of at least 4 members (excludes halogenated alkanes) is 1. The normalized spacial score (nSPS) is 21.0. The topological polar surface area (TPSA) is 44.8 Å². The van der Waals surface area contributed by atoms with Gasteiger partial charge in [-0.3, -0.25) is 4.90 Å². The Balaban J connectivity index is 1.56. The zero-order valence-electron chi connectivity index (χ0n) is 14.2. The third-order valence-electron chi connectivity index (χ3n) is 4.76. The van der Waals surface area contributed by atoms with Crippen LogP contribution in [0.4, 0.5) is 4.79 Å². The molecule has 5 nitrogen and oxygen atoms in total. The minimum Gasteiger partial charge on any atom is -0.446 e. The first-order chi connectivity index (χ1) is 10.8. The standard InChI is InChI=1S/C17H33N3O2/c1-2-3-9-18-10-11-19-12-14-20(15-13-19)17(21)22-16-7-5-4-6-8-16/h16,18H,2-15H2,1H3. The molecule has 0 unspecified atom stereocenters. The Morgan fingerprint density at radius 1 is 1.09 bits per heavy atom. The monoisotopic (exact) mass is 311 g/mol. The molecule has 1 N–H and O–H groups in total. The van der Waals surface area contributed by atoms with Crippen LogP contribution in [0.1, 0.15) is 51.9 Å². The van der Waals surface area contributed by atoms with E-state index in [4.69, 9.17) is 4.74 Å². The van der Waals surface area contributed by atoms with Gasteiger partial charge in [-0.25, -0.2) is 4.79 Å². The number of hydrogen-bond donors (Lipinski definition) is 1. The van der Waals surface area contributed by atoms with Crippen LogP contribution in [0.15, 0.2) is 0 Å². The highest BCUT2D eigenvalue weighted by molar-refractivity contribution is 5.68. The summed E-state index contributed by atoms with van der Waals surface area (Å²) in [4.78, 5) is 16.5. The molecule has 0 atom stereocenters. The molecule has 2 fully saturated rings. The van der Waals surface area contributed by atoms with Crippen LogP contribution in [0.2, 0.25) is 0 Å². The second-order valence-corrected chi connectivity index (χ2v) is 6.58. The molecule has 1 aliphatic carbocycles. The van der Waals surface area contributed by atoms with Gasteiger partial charge < -0.3 is 15.0 Å². The SMILES string of the molecule is CCCCNCCN1CCN(C(=O)OC2CCCCC2)CC1. The van der Waals surface area contributed by atoms with Crippen molar-refractivity contribution in [1.82, 2.24) is 15.1 Å². The molecular formula is C17H33N3O2. The van der Waals surface area contributed by atoms with E-state index in [-0.39, 0.29) is 12.2 Å². The van der Waals surface area contributed by atoms with Gasteiger partial charge in [0.25, 0.3) is 0 Å². The second-order valence-electron chi connectivity index (χ2n) is 6.58. The van der Waals surface area contributed by atoms with Crippen LogP contribution in [-0.4, -0.2) is 67.8 Å². The predicted molar refractivity (Wildman–Crippen MR) is 89.1 cm³/mol. The molecule has 0 aromatic rings. The lowest BCUT2D eigenvalue weighted by atomic mass is 9.98. The van der Waals surface area contributed by atoms with Crippen molar-refractivity contribution in [3.63, 3.8) is 0 Å². The zero-order chi connectivity index (χ0) is 15.6. The van der Waals surface area contributed by atoms with Crippen molar-refractivity contribution >= 4 is 6.09 Å². The summed E-state index contributed by atoms with van der Waals surface area (Å²) < 4.78 is 5.65. The van der Waals surface area contributed by atoms with Gasteiger partial charge in [-0.05, 0) is 38.6 Å². The molecule has 22 heavy (non-hydrogen) atoms. The molecule has 128 valence electrons. The molecule has 1 heterocycles. The Morgan fingerprint density at radius 3 is 2.50 bits per heavy atom.